The van der Waals surface area contributed by atoms with E-state index in [1.54, 1.807) is 6.92 Å². The number of rotatable bonds is 10. The van der Waals surface area contributed by atoms with Gasteiger partial charge in [0.05, 0.1) is 12.7 Å². The van der Waals surface area contributed by atoms with Crippen LogP contribution in [-0.2, 0) is 14.3 Å². The molecule has 5 heteroatoms. The van der Waals surface area contributed by atoms with Crippen LogP contribution in [0, 0.1) is 11.8 Å². The van der Waals surface area contributed by atoms with E-state index < -0.39 is 11.6 Å². The molecule has 4 atom stereocenters. The second-order valence-electron chi connectivity index (χ2n) is 6.76. The van der Waals surface area contributed by atoms with Gasteiger partial charge in [0.25, 0.3) is 0 Å². The number of hydrogen-bond acceptors (Lipinski definition) is 4. The van der Waals surface area contributed by atoms with E-state index in [0.29, 0.717) is 19.4 Å². The Morgan fingerprint density at radius 3 is 2.52 bits per heavy atom. The molecule has 0 saturated heterocycles. The van der Waals surface area contributed by atoms with Crippen molar-refractivity contribution in [1.82, 2.24) is 5.32 Å². The van der Waals surface area contributed by atoms with Crippen LogP contribution in [0.25, 0.3) is 0 Å². The van der Waals surface area contributed by atoms with Gasteiger partial charge in [-0.25, -0.2) is 4.79 Å². The maximum atomic E-state index is 12.5. The molecule has 4 unspecified atom stereocenters. The smallest absolute Gasteiger partial charge is 0.332 e. The van der Waals surface area contributed by atoms with E-state index in [4.69, 9.17) is 4.74 Å². The summed E-state index contributed by atoms with van der Waals surface area (Å²) in [6.45, 7) is 7.97. The normalized spacial score (nSPS) is 26.0. The summed E-state index contributed by atoms with van der Waals surface area (Å²) in [5, 5.41) is 13.1. The van der Waals surface area contributed by atoms with Crippen LogP contribution in [0.4, 0.5) is 0 Å². The minimum atomic E-state index is -0.941. The van der Waals surface area contributed by atoms with Crippen molar-refractivity contribution >= 4 is 11.9 Å². The third kappa shape index (κ3) is 4.93. The van der Waals surface area contributed by atoms with Crippen molar-refractivity contribution in [2.24, 2.45) is 11.8 Å². The van der Waals surface area contributed by atoms with Gasteiger partial charge in [0.2, 0.25) is 5.91 Å². The summed E-state index contributed by atoms with van der Waals surface area (Å²) in [5.74, 6) is -0.627. The number of unbranched alkanes of at least 4 members (excludes halogenated alkanes) is 1. The second-order valence-corrected chi connectivity index (χ2v) is 6.76. The molecule has 1 fully saturated rings. The maximum absolute atomic E-state index is 12.5. The Hall–Kier alpha value is -1.10. The van der Waals surface area contributed by atoms with E-state index in [0.717, 1.165) is 32.1 Å². The minimum Gasteiger partial charge on any atom is -0.464 e. The monoisotopic (exact) mass is 327 g/mol. The molecule has 0 radical (unpaired) electrons. The first kappa shape index (κ1) is 19.9. The van der Waals surface area contributed by atoms with E-state index in [9.17, 15) is 14.7 Å². The minimum absolute atomic E-state index is 0.0404. The SMILES string of the molecule is CCCCC(O)CC1CCC1(NC(=O)C(C)CC)C(=O)OCC. The molecule has 134 valence electrons. The molecule has 1 amide bonds. The van der Waals surface area contributed by atoms with E-state index in [2.05, 4.69) is 12.2 Å². The fourth-order valence-corrected chi connectivity index (χ4v) is 3.11. The van der Waals surface area contributed by atoms with E-state index >= 15 is 0 Å². The Bertz CT molecular complexity index is 398. The van der Waals surface area contributed by atoms with E-state index in [-0.39, 0.29) is 23.7 Å². The van der Waals surface area contributed by atoms with Gasteiger partial charge in [-0.3, -0.25) is 4.79 Å². The van der Waals surface area contributed by atoms with Crippen LogP contribution in [0.5, 0.6) is 0 Å². The molecule has 1 rings (SSSR count). The van der Waals surface area contributed by atoms with Gasteiger partial charge >= 0.3 is 5.97 Å². The van der Waals surface area contributed by atoms with Crippen molar-refractivity contribution in [2.75, 3.05) is 6.61 Å². The molecule has 0 aliphatic heterocycles. The van der Waals surface area contributed by atoms with Crippen LogP contribution < -0.4 is 5.32 Å². The highest BCUT2D eigenvalue weighted by molar-refractivity contribution is 5.90. The molecule has 0 aromatic heterocycles. The number of hydrogen-bond donors (Lipinski definition) is 2. The largest absolute Gasteiger partial charge is 0.464 e. The highest BCUT2D eigenvalue weighted by atomic mass is 16.5. The van der Waals surface area contributed by atoms with Gasteiger partial charge in [0.1, 0.15) is 5.54 Å². The summed E-state index contributed by atoms with van der Waals surface area (Å²) in [7, 11) is 0. The number of aliphatic hydroxyl groups is 1. The standard InChI is InChI=1S/C18H33NO4/c1-5-8-9-15(20)12-14-10-11-18(14,17(22)23-7-3)19-16(21)13(4)6-2/h13-15,20H,5-12H2,1-4H3,(H,19,21). The lowest BCUT2D eigenvalue weighted by Crippen LogP contribution is -2.66. The van der Waals surface area contributed by atoms with Gasteiger partial charge in [0.15, 0.2) is 0 Å². The van der Waals surface area contributed by atoms with Crippen LogP contribution >= 0.6 is 0 Å². The number of carbonyl (C=O) groups excluding carboxylic acids is 2. The van der Waals surface area contributed by atoms with Gasteiger partial charge in [-0.1, -0.05) is 33.6 Å². The summed E-state index contributed by atoms with van der Waals surface area (Å²) in [5.41, 5.74) is -0.941. The lowest BCUT2D eigenvalue weighted by Gasteiger charge is -2.48. The summed E-state index contributed by atoms with van der Waals surface area (Å²) in [6, 6.07) is 0. The predicted octanol–water partition coefficient (Wildman–Crippen LogP) is 2.80. The van der Waals surface area contributed by atoms with Gasteiger partial charge < -0.3 is 15.2 Å². The number of nitrogens with one attached hydrogen (secondary N) is 1. The van der Waals surface area contributed by atoms with Crippen molar-refractivity contribution in [1.29, 1.82) is 0 Å². The molecule has 1 aliphatic rings. The lowest BCUT2D eigenvalue weighted by atomic mass is 9.63. The molecule has 0 heterocycles. The van der Waals surface area contributed by atoms with Gasteiger partial charge in [-0.15, -0.1) is 0 Å². The van der Waals surface area contributed by atoms with Gasteiger partial charge in [-0.05, 0) is 44.9 Å². The molecule has 1 aliphatic carbocycles. The third-order valence-electron chi connectivity index (χ3n) is 5.08. The molecule has 0 spiro atoms. The first-order valence-corrected chi connectivity index (χ1v) is 9.08. The zero-order chi connectivity index (χ0) is 17.5. The zero-order valence-corrected chi connectivity index (χ0v) is 15.1. The average molecular weight is 327 g/mol. The lowest BCUT2D eigenvalue weighted by molar-refractivity contribution is -0.164. The topological polar surface area (TPSA) is 75.6 Å². The van der Waals surface area contributed by atoms with Crippen molar-refractivity contribution in [3.8, 4) is 0 Å². The Morgan fingerprint density at radius 2 is 2.04 bits per heavy atom. The summed E-state index contributed by atoms with van der Waals surface area (Å²) >= 11 is 0. The number of esters is 1. The first-order valence-electron chi connectivity index (χ1n) is 9.08. The van der Waals surface area contributed by atoms with E-state index in [1.807, 2.05) is 13.8 Å². The van der Waals surface area contributed by atoms with E-state index in [1.165, 1.54) is 0 Å². The highest BCUT2D eigenvalue weighted by Gasteiger charge is 2.55. The molecule has 0 bridgehead atoms. The Kier molecular flexibility index (Phi) is 8.03. The van der Waals surface area contributed by atoms with Crippen molar-refractivity contribution in [3.63, 3.8) is 0 Å². The fourth-order valence-electron chi connectivity index (χ4n) is 3.11. The molecule has 0 aromatic rings. The second kappa shape index (κ2) is 9.26. The number of amides is 1. The predicted molar refractivity (Wildman–Crippen MR) is 89.8 cm³/mol. The van der Waals surface area contributed by atoms with Crippen molar-refractivity contribution < 1.29 is 19.4 Å². The first-order chi connectivity index (χ1) is 10.9. The molecule has 0 aromatic carbocycles. The quantitative estimate of drug-likeness (QED) is 0.605. The van der Waals surface area contributed by atoms with Crippen LogP contribution in [-0.4, -0.2) is 35.2 Å². The van der Waals surface area contributed by atoms with Gasteiger partial charge in [0, 0.05) is 5.92 Å². The Balaban J connectivity index is 2.80. The van der Waals surface area contributed by atoms with Crippen LogP contribution in [0.1, 0.15) is 72.6 Å². The summed E-state index contributed by atoms with van der Waals surface area (Å²) in [6.07, 6.45) is 5.03. The molecular weight excluding hydrogens is 294 g/mol. The zero-order valence-electron chi connectivity index (χ0n) is 15.1. The number of aliphatic hydroxyl groups excluding tert-OH is 1. The number of carbonyl (C=O) groups is 2. The summed E-state index contributed by atoms with van der Waals surface area (Å²) in [4.78, 5) is 24.8. The van der Waals surface area contributed by atoms with Crippen LogP contribution in [0.15, 0.2) is 0 Å². The maximum Gasteiger partial charge on any atom is 0.332 e. The Morgan fingerprint density at radius 1 is 1.35 bits per heavy atom. The van der Waals surface area contributed by atoms with Crippen molar-refractivity contribution in [3.05, 3.63) is 0 Å². The van der Waals surface area contributed by atoms with Crippen LogP contribution in [0.2, 0.25) is 0 Å². The number of ether oxygens (including phenoxy) is 1. The average Bonchev–Trinajstić information content (AvgIpc) is 2.53. The molecular formula is C18H33NO4. The summed E-state index contributed by atoms with van der Waals surface area (Å²) < 4.78 is 5.22. The molecule has 23 heavy (non-hydrogen) atoms. The van der Waals surface area contributed by atoms with Crippen LogP contribution in [0.3, 0.4) is 0 Å². The molecule has 1 saturated carbocycles. The molecule has 5 nitrogen and oxygen atoms in total. The van der Waals surface area contributed by atoms with Gasteiger partial charge in [-0.2, -0.15) is 0 Å². The molecule has 2 N–H and O–H groups in total. The highest BCUT2D eigenvalue weighted by Crippen LogP contribution is 2.43. The fraction of sp³-hybridized carbons (Fsp3) is 0.889. The Labute approximate surface area is 140 Å². The third-order valence-corrected chi connectivity index (χ3v) is 5.08. The van der Waals surface area contributed by atoms with Crippen molar-refractivity contribution in [2.45, 2.75) is 84.3 Å².